The number of H-pyrrole nitrogens is 1. The highest BCUT2D eigenvalue weighted by Crippen LogP contribution is 2.21. The van der Waals surface area contributed by atoms with Crippen molar-refractivity contribution >= 4 is 28.9 Å². The van der Waals surface area contributed by atoms with E-state index in [1.54, 1.807) is 6.08 Å². The third-order valence-electron chi connectivity index (χ3n) is 3.68. The summed E-state index contributed by atoms with van der Waals surface area (Å²) >= 11 is 1.49. The Hall–Kier alpha value is -3.19. The number of aromatic amines is 1. The zero-order valence-electron chi connectivity index (χ0n) is 12.4. The summed E-state index contributed by atoms with van der Waals surface area (Å²) in [5.41, 5.74) is 0.472. The summed E-state index contributed by atoms with van der Waals surface area (Å²) in [6, 6.07) is 12.9. The number of aromatic nitrogens is 1. The standard InChI is InChI=1S/C17H12N4O2S/c18-15-13-14(20-21(15)10-5-2-1-3-6-10)12(16(22)19-17(13)23)9-11-7-4-8-24-11/h1-9,18,23H,(H,19,22)/b12-9+,18-15?. The Bertz CT molecular complexity index is 1100. The maximum Gasteiger partial charge on any atom is 0.260 e. The lowest BCUT2D eigenvalue weighted by Crippen LogP contribution is -2.42. The Balaban J connectivity index is 2.01. The van der Waals surface area contributed by atoms with Crippen molar-refractivity contribution in [1.82, 2.24) is 4.98 Å². The lowest BCUT2D eigenvalue weighted by molar-refractivity contribution is 0.449. The fourth-order valence-electron chi connectivity index (χ4n) is 2.58. The SMILES string of the molecule is N=C1c2c(O)[nH]c(=O)/c(=C/c3cccs3)c2=NN1c1ccccc1. The monoisotopic (exact) mass is 336 g/mol. The number of pyridine rings is 1. The number of thiophene rings is 1. The van der Waals surface area contributed by atoms with Crippen LogP contribution in [0.25, 0.3) is 6.08 Å². The number of rotatable bonds is 2. The van der Waals surface area contributed by atoms with Gasteiger partial charge in [0.05, 0.1) is 10.9 Å². The molecule has 7 heteroatoms. The summed E-state index contributed by atoms with van der Waals surface area (Å²) in [7, 11) is 0. The van der Waals surface area contributed by atoms with Crippen LogP contribution >= 0.6 is 11.3 Å². The lowest BCUT2D eigenvalue weighted by atomic mass is 10.2. The maximum atomic E-state index is 12.3. The van der Waals surface area contributed by atoms with E-state index in [0.29, 0.717) is 16.3 Å². The molecule has 2 aromatic heterocycles. The van der Waals surface area contributed by atoms with Crippen LogP contribution in [0.1, 0.15) is 10.4 Å². The first kappa shape index (κ1) is 14.4. The van der Waals surface area contributed by atoms with Crippen LogP contribution in [0.15, 0.2) is 57.7 Å². The summed E-state index contributed by atoms with van der Waals surface area (Å²) in [4.78, 5) is 15.6. The van der Waals surface area contributed by atoms with Crippen LogP contribution in [-0.2, 0) is 0 Å². The molecule has 0 bridgehead atoms. The van der Waals surface area contributed by atoms with Crippen molar-refractivity contribution in [3.8, 4) is 5.88 Å². The van der Waals surface area contributed by atoms with Gasteiger partial charge in [0.25, 0.3) is 5.56 Å². The van der Waals surface area contributed by atoms with Gasteiger partial charge in [-0.1, -0.05) is 24.3 Å². The molecule has 0 fully saturated rings. The number of nitrogens with zero attached hydrogens (tertiary/aromatic N) is 2. The molecule has 3 aromatic rings. The third-order valence-corrected chi connectivity index (χ3v) is 4.50. The molecule has 0 spiro atoms. The Morgan fingerprint density at radius 2 is 2.00 bits per heavy atom. The lowest BCUT2D eigenvalue weighted by Gasteiger charge is -2.13. The quantitative estimate of drug-likeness (QED) is 0.659. The van der Waals surface area contributed by atoms with E-state index >= 15 is 0 Å². The summed E-state index contributed by atoms with van der Waals surface area (Å²) in [6.45, 7) is 0. The number of aromatic hydroxyl groups is 1. The Morgan fingerprint density at radius 3 is 2.71 bits per heavy atom. The second-order valence-corrected chi connectivity index (χ2v) is 6.18. The van der Waals surface area contributed by atoms with Gasteiger partial charge in [-0.2, -0.15) is 5.10 Å². The minimum Gasteiger partial charge on any atom is -0.494 e. The zero-order chi connectivity index (χ0) is 16.7. The van der Waals surface area contributed by atoms with E-state index in [4.69, 9.17) is 5.41 Å². The van der Waals surface area contributed by atoms with Gasteiger partial charge in [-0.05, 0) is 29.7 Å². The highest BCUT2D eigenvalue weighted by Gasteiger charge is 2.26. The summed E-state index contributed by atoms with van der Waals surface area (Å²) in [5, 5.41) is 26.8. The molecular formula is C17H12N4O2S. The van der Waals surface area contributed by atoms with Gasteiger partial charge in [0.15, 0.2) is 5.84 Å². The van der Waals surface area contributed by atoms with Crippen LogP contribution in [0.2, 0.25) is 0 Å². The van der Waals surface area contributed by atoms with Gasteiger partial charge in [-0.15, -0.1) is 11.3 Å². The molecule has 24 heavy (non-hydrogen) atoms. The Labute approximate surface area is 140 Å². The number of hydrogen-bond donors (Lipinski definition) is 3. The van der Waals surface area contributed by atoms with Crippen LogP contribution in [0.4, 0.5) is 5.69 Å². The van der Waals surface area contributed by atoms with Gasteiger partial charge in [0.2, 0.25) is 5.88 Å². The van der Waals surface area contributed by atoms with Crippen LogP contribution in [-0.4, -0.2) is 15.9 Å². The number of fused-ring (bicyclic) bond motifs is 1. The zero-order valence-corrected chi connectivity index (χ0v) is 13.2. The number of hydrogen-bond acceptors (Lipinski definition) is 5. The molecule has 118 valence electrons. The van der Waals surface area contributed by atoms with E-state index in [9.17, 15) is 9.90 Å². The molecule has 0 unspecified atom stereocenters. The van der Waals surface area contributed by atoms with E-state index in [0.717, 1.165) is 4.88 Å². The Morgan fingerprint density at radius 1 is 1.21 bits per heavy atom. The van der Waals surface area contributed by atoms with Gasteiger partial charge in [-0.3, -0.25) is 15.2 Å². The fourth-order valence-corrected chi connectivity index (χ4v) is 3.24. The van der Waals surface area contributed by atoms with Crippen LogP contribution in [0.3, 0.4) is 0 Å². The second-order valence-electron chi connectivity index (χ2n) is 5.20. The van der Waals surface area contributed by atoms with Gasteiger partial charge in [0.1, 0.15) is 10.9 Å². The molecular weight excluding hydrogens is 324 g/mol. The number of amidine groups is 1. The van der Waals surface area contributed by atoms with Crippen LogP contribution in [0.5, 0.6) is 5.88 Å². The molecule has 1 aliphatic rings. The third kappa shape index (κ3) is 2.22. The van der Waals surface area contributed by atoms with Crippen molar-refractivity contribution in [1.29, 1.82) is 5.41 Å². The normalized spacial score (nSPS) is 13.9. The average molecular weight is 336 g/mol. The van der Waals surface area contributed by atoms with E-state index < -0.39 is 5.56 Å². The van der Waals surface area contributed by atoms with Crippen molar-refractivity contribution in [3.63, 3.8) is 0 Å². The molecule has 0 aliphatic carbocycles. The molecule has 0 saturated carbocycles. The van der Waals surface area contributed by atoms with Gasteiger partial charge in [-0.25, -0.2) is 5.01 Å². The first-order valence-corrected chi connectivity index (χ1v) is 8.06. The molecule has 0 atom stereocenters. The van der Waals surface area contributed by atoms with E-state index in [-0.39, 0.29) is 17.3 Å². The summed E-state index contributed by atoms with van der Waals surface area (Å²) in [6.07, 6.45) is 1.72. The van der Waals surface area contributed by atoms with Crippen LogP contribution in [0, 0.1) is 5.41 Å². The van der Waals surface area contributed by atoms with E-state index in [1.807, 2.05) is 47.8 Å². The molecule has 0 amide bonds. The smallest absolute Gasteiger partial charge is 0.260 e. The molecule has 3 N–H and O–H groups in total. The van der Waals surface area contributed by atoms with Crippen molar-refractivity contribution in [3.05, 3.63) is 79.2 Å². The molecule has 4 rings (SSSR count). The van der Waals surface area contributed by atoms with Crippen molar-refractivity contribution in [2.24, 2.45) is 5.10 Å². The average Bonchev–Trinajstić information content (AvgIpc) is 3.20. The van der Waals surface area contributed by atoms with Gasteiger partial charge < -0.3 is 5.11 Å². The van der Waals surface area contributed by atoms with E-state index in [2.05, 4.69) is 10.1 Å². The van der Waals surface area contributed by atoms with Gasteiger partial charge >= 0.3 is 0 Å². The van der Waals surface area contributed by atoms with Crippen LogP contribution < -0.4 is 21.1 Å². The molecule has 0 saturated heterocycles. The first-order valence-electron chi connectivity index (χ1n) is 7.18. The van der Waals surface area contributed by atoms with E-state index in [1.165, 1.54) is 16.3 Å². The second kappa shape index (κ2) is 5.47. The minimum atomic E-state index is -0.439. The fraction of sp³-hybridized carbons (Fsp3) is 0. The molecule has 1 aliphatic heterocycles. The number of anilines is 1. The number of para-hydroxylation sites is 1. The Kier molecular flexibility index (Phi) is 3.28. The molecule has 3 heterocycles. The van der Waals surface area contributed by atoms with Crippen molar-refractivity contribution < 1.29 is 5.11 Å². The highest BCUT2D eigenvalue weighted by molar-refractivity contribution is 7.10. The molecule has 1 aromatic carbocycles. The number of benzene rings is 1. The molecule has 6 nitrogen and oxygen atoms in total. The molecule has 0 radical (unpaired) electrons. The predicted octanol–water partition coefficient (Wildman–Crippen LogP) is 1.35. The van der Waals surface area contributed by atoms with Crippen molar-refractivity contribution in [2.75, 3.05) is 5.01 Å². The summed E-state index contributed by atoms with van der Waals surface area (Å²) in [5.74, 6) is -0.323. The topological polar surface area (TPSA) is 92.5 Å². The maximum absolute atomic E-state index is 12.3. The number of nitrogens with one attached hydrogen (secondary N) is 2. The van der Waals surface area contributed by atoms with Crippen molar-refractivity contribution in [2.45, 2.75) is 0 Å². The first-order chi connectivity index (χ1) is 11.6. The van der Waals surface area contributed by atoms with Gasteiger partial charge in [0, 0.05) is 4.88 Å². The summed E-state index contributed by atoms with van der Waals surface area (Å²) < 4.78 is 0. The minimum absolute atomic E-state index is 0.0192. The highest BCUT2D eigenvalue weighted by atomic mass is 32.1. The largest absolute Gasteiger partial charge is 0.494 e. The predicted molar refractivity (Wildman–Crippen MR) is 93.1 cm³/mol.